The molecule has 0 amide bonds. The monoisotopic (exact) mass is 666 g/mol. The molecule has 10 aromatic rings. The molecule has 2 heterocycles. The number of hydrogen-bond acceptors (Lipinski definition) is 2. The lowest BCUT2D eigenvalue weighted by Crippen LogP contribution is -1.96. The van der Waals surface area contributed by atoms with Crippen molar-refractivity contribution >= 4 is 60.7 Å². The summed E-state index contributed by atoms with van der Waals surface area (Å²) in [6, 6.07) is 66.8. The number of hydrogen-bond donors (Lipinski definition) is 2. The van der Waals surface area contributed by atoms with Gasteiger partial charge in [0, 0.05) is 50.0 Å². The molecule has 0 aliphatic rings. The second kappa shape index (κ2) is 12.1. The summed E-state index contributed by atoms with van der Waals surface area (Å²) >= 11 is 0. The van der Waals surface area contributed by atoms with Gasteiger partial charge in [0.25, 0.3) is 0 Å². The van der Waals surface area contributed by atoms with E-state index < -0.39 is 0 Å². The summed E-state index contributed by atoms with van der Waals surface area (Å²) in [5.74, 6) is 0. The summed E-state index contributed by atoms with van der Waals surface area (Å²) in [6.45, 7) is 0. The van der Waals surface area contributed by atoms with Crippen LogP contribution in [0, 0.1) is 0 Å². The number of nitrogen functional groups attached to an aromatic ring is 1. The van der Waals surface area contributed by atoms with Crippen LogP contribution in [0.15, 0.2) is 188 Å². The van der Waals surface area contributed by atoms with E-state index in [0.29, 0.717) is 0 Å². The van der Waals surface area contributed by atoms with Crippen LogP contribution in [0.5, 0.6) is 0 Å². The first kappa shape index (κ1) is 29.8. The largest absolute Gasteiger partial charge is 0.399 e. The van der Waals surface area contributed by atoms with Gasteiger partial charge in [-0.3, -0.25) is 0 Å². The molecular formula is C48H34N4. The van der Waals surface area contributed by atoms with Crippen LogP contribution in [0.25, 0.3) is 77.2 Å². The molecule has 0 unspecified atom stereocenters. The molecule has 0 aliphatic heterocycles. The summed E-state index contributed by atoms with van der Waals surface area (Å²) in [5, 5.41) is 8.66. The molecule has 4 heteroatoms. The van der Waals surface area contributed by atoms with E-state index in [1.807, 2.05) is 6.07 Å². The minimum absolute atomic E-state index is 0.741. The van der Waals surface area contributed by atoms with Crippen LogP contribution >= 0.6 is 0 Å². The number of nitrogens with zero attached hydrogens (tertiary/aromatic N) is 2. The number of rotatable bonds is 6. The van der Waals surface area contributed by atoms with E-state index in [4.69, 9.17) is 5.73 Å². The van der Waals surface area contributed by atoms with Crippen LogP contribution in [0.3, 0.4) is 0 Å². The van der Waals surface area contributed by atoms with E-state index in [1.165, 1.54) is 38.2 Å². The van der Waals surface area contributed by atoms with E-state index in [2.05, 4.69) is 196 Å². The molecule has 0 fully saturated rings. The fourth-order valence-corrected chi connectivity index (χ4v) is 7.96. The van der Waals surface area contributed by atoms with Crippen molar-refractivity contribution in [1.82, 2.24) is 9.13 Å². The lowest BCUT2D eigenvalue weighted by atomic mass is 9.98. The third-order valence-corrected chi connectivity index (χ3v) is 10.2. The predicted molar refractivity (Wildman–Crippen MR) is 220 cm³/mol. The predicted octanol–water partition coefficient (Wildman–Crippen LogP) is 12.5. The zero-order chi connectivity index (χ0) is 34.6. The number of aromatic nitrogens is 2. The molecular weight excluding hydrogens is 633 g/mol. The zero-order valence-corrected chi connectivity index (χ0v) is 28.4. The van der Waals surface area contributed by atoms with Gasteiger partial charge in [-0.25, -0.2) is 0 Å². The van der Waals surface area contributed by atoms with Crippen molar-refractivity contribution in [3.8, 4) is 33.6 Å². The second-order valence-electron chi connectivity index (χ2n) is 13.3. The Morgan fingerprint density at radius 3 is 1.63 bits per heavy atom. The highest BCUT2D eigenvalue weighted by atomic mass is 15.0. The Kier molecular flexibility index (Phi) is 6.93. The zero-order valence-electron chi connectivity index (χ0n) is 28.4. The van der Waals surface area contributed by atoms with Gasteiger partial charge in [0.05, 0.1) is 22.1 Å². The molecule has 0 radical (unpaired) electrons. The molecule has 0 bridgehead atoms. The van der Waals surface area contributed by atoms with Gasteiger partial charge in [-0.15, -0.1) is 0 Å². The number of para-hydroxylation sites is 2. The van der Waals surface area contributed by atoms with Crippen molar-refractivity contribution in [1.29, 1.82) is 0 Å². The maximum atomic E-state index is 6.42. The average Bonchev–Trinajstić information content (AvgIpc) is 3.71. The Morgan fingerprint density at radius 2 is 0.962 bits per heavy atom. The van der Waals surface area contributed by atoms with Gasteiger partial charge in [-0.05, 0) is 95.1 Å². The van der Waals surface area contributed by atoms with Crippen LogP contribution in [0.2, 0.25) is 0 Å². The Bertz CT molecular complexity index is 2910. The third kappa shape index (κ3) is 4.84. The van der Waals surface area contributed by atoms with Crippen molar-refractivity contribution in [2.75, 3.05) is 11.1 Å². The first-order chi connectivity index (χ1) is 25.7. The Morgan fingerprint density at radius 1 is 0.365 bits per heavy atom. The van der Waals surface area contributed by atoms with E-state index in [1.54, 1.807) is 0 Å². The van der Waals surface area contributed by atoms with Gasteiger partial charge in [-0.2, -0.15) is 0 Å². The normalized spacial score (nSPS) is 11.5. The van der Waals surface area contributed by atoms with E-state index in [-0.39, 0.29) is 0 Å². The molecule has 3 N–H and O–H groups in total. The lowest BCUT2D eigenvalue weighted by molar-refractivity contribution is 1.18. The van der Waals surface area contributed by atoms with Gasteiger partial charge in [0.15, 0.2) is 0 Å². The molecule has 0 atom stereocenters. The van der Waals surface area contributed by atoms with Gasteiger partial charge in [0.1, 0.15) is 0 Å². The molecule has 0 saturated heterocycles. The fourth-order valence-electron chi connectivity index (χ4n) is 7.96. The molecule has 0 spiro atoms. The maximum absolute atomic E-state index is 6.42. The van der Waals surface area contributed by atoms with Crippen LogP contribution in [-0.4, -0.2) is 9.13 Å². The van der Waals surface area contributed by atoms with Crippen molar-refractivity contribution in [3.05, 3.63) is 188 Å². The van der Waals surface area contributed by atoms with Crippen molar-refractivity contribution in [3.63, 3.8) is 0 Å². The first-order valence-electron chi connectivity index (χ1n) is 17.6. The van der Waals surface area contributed by atoms with E-state index in [9.17, 15) is 0 Å². The summed E-state index contributed by atoms with van der Waals surface area (Å²) in [6.07, 6.45) is 0. The number of anilines is 3. The lowest BCUT2D eigenvalue weighted by Gasteiger charge is -2.14. The van der Waals surface area contributed by atoms with Gasteiger partial charge >= 0.3 is 0 Å². The Hall–Kier alpha value is -7.04. The molecule has 52 heavy (non-hydrogen) atoms. The van der Waals surface area contributed by atoms with Crippen LogP contribution in [-0.2, 0) is 0 Å². The van der Waals surface area contributed by atoms with Crippen LogP contribution in [0.1, 0.15) is 0 Å². The standard InChI is InChI=1S/C48H34N4/c49-34-24-26-40-45(28-34)52(38-20-11-4-12-21-38)46-31-36(30-41(48(40)46)33-16-7-2-8-17-33)50-35-25-27-43-42(29-35)47-39(32-14-5-1-6-15-32)22-13-23-44(47)51(43)37-18-9-3-10-19-37/h1-31,50H,49H2. The third-order valence-electron chi connectivity index (χ3n) is 10.2. The number of fused-ring (bicyclic) bond motifs is 6. The van der Waals surface area contributed by atoms with E-state index in [0.717, 1.165) is 56.1 Å². The van der Waals surface area contributed by atoms with Crippen LogP contribution < -0.4 is 11.1 Å². The number of nitrogens with two attached hydrogens (primary N) is 1. The molecule has 8 aromatic carbocycles. The SMILES string of the molecule is Nc1ccc2c3c(-c4ccccc4)cc(Nc4ccc5c(c4)c4c(-c6ccccc6)cccc4n5-c4ccccc4)cc3n(-c3ccccc3)c2c1. The number of benzene rings is 8. The van der Waals surface area contributed by atoms with Gasteiger partial charge in [0.2, 0.25) is 0 Å². The summed E-state index contributed by atoms with van der Waals surface area (Å²) < 4.78 is 4.71. The summed E-state index contributed by atoms with van der Waals surface area (Å²) in [5.41, 5.74) is 20.7. The van der Waals surface area contributed by atoms with Gasteiger partial charge < -0.3 is 20.2 Å². The highest BCUT2D eigenvalue weighted by Gasteiger charge is 2.20. The Labute approximate surface area is 301 Å². The van der Waals surface area contributed by atoms with Gasteiger partial charge in [-0.1, -0.05) is 115 Å². The molecule has 246 valence electrons. The van der Waals surface area contributed by atoms with Crippen LogP contribution in [0.4, 0.5) is 17.1 Å². The molecule has 4 nitrogen and oxygen atoms in total. The smallest absolute Gasteiger partial charge is 0.0568 e. The topological polar surface area (TPSA) is 47.9 Å². The molecule has 2 aromatic heterocycles. The fraction of sp³-hybridized carbons (Fsp3) is 0. The molecule has 0 aliphatic carbocycles. The number of nitrogens with one attached hydrogen (secondary N) is 1. The highest BCUT2D eigenvalue weighted by molar-refractivity contribution is 6.18. The minimum Gasteiger partial charge on any atom is -0.399 e. The highest BCUT2D eigenvalue weighted by Crippen LogP contribution is 2.43. The Balaban J connectivity index is 1.22. The maximum Gasteiger partial charge on any atom is 0.0568 e. The van der Waals surface area contributed by atoms with Crippen molar-refractivity contribution in [2.24, 2.45) is 0 Å². The summed E-state index contributed by atoms with van der Waals surface area (Å²) in [4.78, 5) is 0. The first-order valence-corrected chi connectivity index (χ1v) is 17.6. The average molecular weight is 667 g/mol. The quantitative estimate of drug-likeness (QED) is 0.174. The minimum atomic E-state index is 0.741. The molecule has 10 rings (SSSR count). The van der Waals surface area contributed by atoms with Crippen molar-refractivity contribution in [2.45, 2.75) is 0 Å². The van der Waals surface area contributed by atoms with E-state index >= 15 is 0 Å². The molecule has 0 saturated carbocycles. The van der Waals surface area contributed by atoms with Crippen molar-refractivity contribution < 1.29 is 0 Å². The summed E-state index contributed by atoms with van der Waals surface area (Å²) in [7, 11) is 0. The second-order valence-corrected chi connectivity index (χ2v) is 13.3.